The zero-order chi connectivity index (χ0) is 9.10. The first kappa shape index (κ1) is 8.13. The number of methoxy groups -OCH3 is 1. The number of hydroxylamine groups is 1. The highest BCUT2D eigenvalue weighted by Crippen LogP contribution is 2.18. The third kappa shape index (κ3) is 1.65. The van der Waals surface area contributed by atoms with Crippen LogP contribution in [-0.2, 0) is 4.84 Å². The minimum Gasteiger partial charge on any atom is -0.497 e. The van der Waals surface area contributed by atoms with Crippen molar-refractivity contribution in [2.75, 3.05) is 13.7 Å². The Morgan fingerprint density at radius 2 is 2.08 bits per heavy atom. The van der Waals surface area contributed by atoms with Crippen LogP contribution in [0.15, 0.2) is 30.3 Å². The highest BCUT2D eigenvalue weighted by atomic mass is 16.6. The molecule has 0 saturated heterocycles. The summed E-state index contributed by atoms with van der Waals surface area (Å²) in [4.78, 5) is 4.99. The lowest BCUT2D eigenvalue weighted by molar-refractivity contribution is 0.121. The van der Waals surface area contributed by atoms with Crippen LogP contribution in [0.2, 0.25) is 0 Å². The van der Waals surface area contributed by atoms with Crippen LogP contribution in [0.4, 0.5) is 0 Å². The number of nitrogens with one attached hydrogen (secondary N) is 1. The molecule has 0 fully saturated rings. The van der Waals surface area contributed by atoms with E-state index in [-0.39, 0.29) is 0 Å². The normalized spacial score (nSPS) is 15.0. The molecule has 2 rings (SSSR count). The molecule has 0 spiro atoms. The first-order valence-corrected chi connectivity index (χ1v) is 4.12. The minimum atomic E-state index is 0.626. The molecule has 1 heterocycles. The van der Waals surface area contributed by atoms with Gasteiger partial charge < -0.3 is 4.74 Å². The molecule has 13 heavy (non-hydrogen) atoms. The molecule has 0 saturated carbocycles. The zero-order valence-electron chi connectivity index (χ0n) is 7.41. The van der Waals surface area contributed by atoms with E-state index in [1.807, 2.05) is 30.3 Å². The van der Waals surface area contributed by atoms with Gasteiger partial charge in [0.15, 0.2) is 0 Å². The van der Waals surface area contributed by atoms with Gasteiger partial charge in [0, 0.05) is 0 Å². The van der Waals surface area contributed by atoms with Crippen LogP contribution in [0.25, 0.3) is 5.70 Å². The van der Waals surface area contributed by atoms with Crippen molar-refractivity contribution >= 4 is 5.70 Å². The lowest BCUT2D eigenvalue weighted by Gasteiger charge is -2.04. The molecule has 3 nitrogen and oxygen atoms in total. The SMILES string of the molecule is COc1ccc(C2=CCON2)cc1. The van der Waals surface area contributed by atoms with Gasteiger partial charge >= 0.3 is 0 Å². The maximum atomic E-state index is 5.06. The number of hydrogen-bond donors (Lipinski definition) is 1. The first-order chi connectivity index (χ1) is 6.40. The summed E-state index contributed by atoms with van der Waals surface area (Å²) >= 11 is 0. The van der Waals surface area contributed by atoms with E-state index in [9.17, 15) is 0 Å². The fourth-order valence-electron chi connectivity index (χ4n) is 1.23. The molecule has 0 unspecified atom stereocenters. The minimum absolute atomic E-state index is 0.626. The second-order valence-electron chi connectivity index (χ2n) is 2.76. The summed E-state index contributed by atoms with van der Waals surface area (Å²) in [5.41, 5.74) is 4.96. The van der Waals surface area contributed by atoms with Gasteiger partial charge in [-0.05, 0) is 35.9 Å². The molecular weight excluding hydrogens is 166 g/mol. The van der Waals surface area contributed by atoms with Crippen LogP contribution < -0.4 is 10.2 Å². The van der Waals surface area contributed by atoms with Gasteiger partial charge in [0.25, 0.3) is 0 Å². The second-order valence-corrected chi connectivity index (χ2v) is 2.76. The molecular formula is C10H11NO2. The number of hydrogen-bond acceptors (Lipinski definition) is 3. The van der Waals surface area contributed by atoms with Crippen LogP contribution in [0, 0.1) is 0 Å². The van der Waals surface area contributed by atoms with Crippen molar-refractivity contribution in [2.24, 2.45) is 0 Å². The quantitative estimate of drug-likeness (QED) is 0.743. The van der Waals surface area contributed by atoms with Gasteiger partial charge in [0.2, 0.25) is 0 Å². The average molecular weight is 177 g/mol. The zero-order valence-corrected chi connectivity index (χ0v) is 7.41. The second kappa shape index (κ2) is 3.49. The largest absolute Gasteiger partial charge is 0.497 e. The Morgan fingerprint density at radius 1 is 1.31 bits per heavy atom. The summed E-state index contributed by atoms with van der Waals surface area (Å²) in [6.45, 7) is 0.626. The van der Waals surface area contributed by atoms with Crippen molar-refractivity contribution in [1.82, 2.24) is 5.48 Å². The van der Waals surface area contributed by atoms with Gasteiger partial charge in [-0.15, -0.1) is 0 Å². The van der Waals surface area contributed by atoms with Crippen molar-refractivity contribution < 1.29 is 9.57 Å². The van der Waals surface area contributed by atoms with Crippen molar-refractivity contribution in [1.29, 1.82) is 0 Å². The third-order valence-corrected chi connectivity index (χ3v) is 1.95. The van der Waals surface area contributed by atoms with Crippen LogP contribution in [0.3, 0.4) is 0 Å². The van der Waals surface area contributed by atoms with E-state index in [0.29, 0.717) is 6.61 Å². The van der Waals surface area contributed by atoms with Gasteiger partial charge in [-0.2, -0.15) is 0 Å². The highest BCUT2D eigenvalue weighted by Gasteiger charge is 2.05. The molecule has 0 aliphatic carbocycles. The fourth-order valence-corrected chi connectivity index (χ4v) is 1.23. The molecule has 1 aromatic carbocycles. The Kier molecular flexibility index (Phi) is 2.19. The molecule has 0 atom stereocenters. The van der Waals surface area contributed by atoms with Gasteiger partial charge in [-0.3, -0.25) is 10.3 Å². The molecule has 0 bridgehead atoms. The Morgan fingerprint density at radius 3 is 2.62 bits per heavy atom. The predicted molar refractivity (Wildman–Crippen MR) is 50.1 cm³/mol. The lowest BCUT2D eigenvalue weighted by atomic mass is 10.1. The highest BCUT2D eigenvalue weighted by molar-refractivity contribution is 5.64. The molecule has 68 valence electrons. The van der Waals surface area contributed by atoms with Crippen molar-refractivity contribution in [2.45, 2.75) is 0 Å². The van der Waals surface area contributed by atoms with Crippen LogP contribution >= 0.6 is 0 Å². The van der Waals surface area contributed by atoms with E-state index in [0.717, 1.165) is 17.0 Å². The summed E-state index contributed by atoms with van der Waals surface area (Å²) in [5, 5.41) is 0. The van der Waals surface area contributed by atoms with E-state index in [1.165, 1.54) is 0 Å². The Bertz CT molecular complexity index is 316. The van der Waals surface area contributed by atoms with Gasteiger partial charge in [0.1, 0.15) is 5.75 Å². The Balaban J connectivity index is 2.22. The van der Waals surface area contributed by atoms with Gasteiger partial charge in [-0.1, -0.05) is 0 Å². The monoisotopic (exact) mass is 177 g/mol. The summed E-state index contributed by atoms with van der Waals surface area (Å²) in [5.74, 6) is 0.864. The van der Waals surface area contributed by atoms with E-state index in [4.69, 9.17) is 9.57 Å². The van der Waals surface area contributed by atoms with E-state index in [2.05, 4.69) is 5.48 Å². The Hall–Kier alpha value is -1.48. The number of ether oxygens (including phenoxy) is 1. The van der Waals surface area contributed by atoms with E-state index in [1.54, 1.807) is 7.11 Å². The summed E-state index contributed by atoms with van der Waals surface area (Å²) in [6.07, 6.45) is 2.00. The van der Waals surface area contributed by atoms with E-state index >= 15 is 0 Å². The molecule has 0 aromatic heterocycles. The molecule has 1 N–H and O–H groups in total. The smallest absolute Gasteiger partial charge is 0.118 e. The molecule has 1 aromatic rings. The van der Waals surface area contributed by atoms with Gasteiger partial charge in [-0.25, -0.2) is 0 Å². The van der Waals surface area contributed by atoms with Gasteiger partial charge in [0.05, 0.1) is 19.4 Å². The third-order valence-electron chi connectivity index (χ3n) is 1.95. The first-order valence-electron chi connectivity index (χ1n) is 4.12. The van der Waals surface area contributed by atoms with Crippen molar-refractivity contribution in [3.8, 4) is 5.75 Å². The standard InChI is InChI=1S/C10H11NO2/c1-12-9-4-2-8(3-5-9)10-6-7-13-11-10/h2-6,11H,7H2,1H3. The maximum absolute atomic E-state index is 5.06. The van der Waals surface area contributed by atoms with Crippen LogP contribution in [0.5, 0.6) is 5.75 Å². The average Bonchev–Trinajstić information content (AvgIpc) is 2.71. The molecule has 3 heteroatoms. The number of benzene rings is 1. The summed E-state index contributed by atoms with van der Waals surface area (Å²) < 4.78 is 5.06. The van der Waals surface area contributed by atoms with Crippen LogP contribution in [0.1, 0.15) is 5.56 Å². The molecule has 0 radical (unpaired) electrons. The topological polar surface area (TPSA) is 30.5 Å². The predicted octanol–water partition coefficient (Wildman–Crippen LogP) is 1.57. The van der Waals surface area contributed by atoms with E-state index < -0.39 is 0 Å². The Labute approximate surface area is 76.9 Å². The van der Waals surface area contributed by atoms with Crippen molar-refractivity contribution in [3.63, 3.8) is 0 Å². The molecule has 0 amide bonds. The molecule has 1 aliphatic heterocycles. The summed E-state index contributed by atoms with van der Waals surface area (Å²) in [7, 11) is 1.66. The number of rotatable bonds is 2. The van der Waals surface area contributed by atoms with Crippen molar-refractivity contribution in [3.05, 3.63) is 35.9 Å². The fraction of sp³-hybridized carbons (Fsp3) is 0.200. The molecule has 1 aliphatic rings. The van der Waals surface area contributed by atoms with Crippen LogP contribution in [-0.4, -0.2) is 13.7 Å². The maximum Gasteiger partial charge on any atom is 0.118 e. The summed E-state index contributed by atoms with van der Waals surface area (Å²) in [6, 6.07) is 7.84. The lowest BCUT2D eigenvalue weighted by Crippen LogP contribution is -2.04.